The van der Waals surface area contributed by atoms with Crippen molar-refractivity contribution in [2.45, 2.75) is 44.4 Å². The van der Waals surface area contributed by atoms with Crippen LogP contribution in [-0.4, -0.2) is 68.0 Å². The zero-order chi connectivity index (χ0) is 25.4. The van der Waals surface area contributed by atoms with Crippen molar-refractivity contribution in [2.24, 2.45) is 11.1 Å². The minimum absolute atomic E-state index is 0.0310. The summed E-state index contributed by atoms with van der Waals surface area (Å²) in [6.45, 7) is 6.70. The standard InChI is InChI=1S/C21H23N5O7S2/c1-8(11-4-5-11)12-6-34-19-15(24-17(28)14(25-31)13-7-35-21(22)23-13)18(29)26(19)16(12)20(30)33-10(3)32-9(2)27/h7,10-11,15,19,31H,1,4-6H2,2-3H3,(H2,22,23)(H,24,28)/b25-14-/t10?,15-,19-/m1/s1. The average molecular weight is 522 g/mol. The highest BCUT2D eigenvalue weighted by atomic mass is 32.2. The van der Waals surface area contributed by atoms with E-state index in [2.05, 4.69) is 22.0 Å². The number of anilines is 1. The molecule has 12 nitrogen and oxygen atoms in total. The Morgan fingerprint density at radius 3 is 2.66 bits per heavy atom. The van der Waals surface area contributed by atoms with Crippen LogP contribution >= 0.6 is 23.1 Å². The second kappa shape index (κ2) is 9.70. The number of ether oxygens (including phenoxy) is 2. The van der Waals surface area contributed by atoms with Crippen LogP contribution in [0.4, 0.5) is 5.13 Å². The molecule has 186 valence electrons. The number of hydrogen-bond acceptors (Lipinski definition) is 12. The Balaban J connectivity index is 1.54. The first-order chi connectivity index (χ1) is 16.6. The van der Waals surface area contributed by atoms with Gasteiger partial charge in [0.25, 0.3) is 11.8 Å². The molecule has 1 aliphatic carbocycles. The van der Waals surface area contributed by atoms with Gasteiger partial charge in [-0.1, -0.05) is 11.7 Å². The summed E-state index contributed by atoms with van der Waals surface area (Å²) in [5.74, 6) is -2.21. The van der Waals surface area contributed by atoms with Gasteiger partial charge in [0.15, 0.2) is 10.8 Å². The second-order valence-electron chi connectivity index (χ2n) is 8.09. The Morgan fingerprint density at radius 2 is 2.09 bits per heavy atom. The van der Waals surface area contributed by atoms with Crippen LogP contribution in [0.3, 0.4) is 0 Å². The van der Waals surface area contributed by atoms with Gasteiger partial charge in [-0.25, -0.2) is 9.78 Å². The van der Waals surface area contributed by atoms with Gasteiger partial charge in [-0.3, -0.25) is 19.3 Å². The van der Waals surface area contributed by atoms with Crippen LogP contribution in [0.1, 0.15) is 32.4 Å². The van der Waals surface area contributed by atoms with Gasteiger partial charge in [-0.2, -0.15) is 0 Å². The van der Waals surface area contributed by atoms with Crippen molar-refractivity contribution in [1.29, 1.82) is 0 Å². The van der Waals surface area contributed by atoms with Crippen LogP contribution < -0.4 is 11.1 Å². The fourth-order valence-corrected chi connectivity index (χ4v) is 5.76. The van der Waals surface area contributed by atoms with Gasteiger partial charge in [0, 0.05) is 25.0 Å². The molecule has 0 aromatic carbocycles. The van der Waals surface area contributed by atoms with E-state index in [1.807, 2.05) is 0 Å². The Labute approximate surface area is 208 Å². The molecule has 1 aromatic heterocycles. The third kappa shape index (κ3) is 4.89. The molecule has 2 amide bonds. The second-order valence-corrected chi connectivity index (χ2v) is 10.1. The highest BCUT2D eigenvalue weighted by Crippen LogP contribution is 2.47. The molecule has 1 aromatic rings. The van der Waals surface area contributed by atoms with Gasteiger partial charge in [0.2, 0.25) is 6.29 Å². The molecule has 0 bridgehead atoms. The molecule has 14 heteroatoms. The first-order valence-electron chi connectivity index (χ1n) is 10.6. The van der Waals surface area contributed by atoms with Gasteiger partial charge in [0.05, 0.1) is 0 Å². The summed E-state index contributed by atoms with van der Waals surface area (Å²) in [4.78, 5) is 55.3. The predicted octanol–water partition coefficient (Wildman–Crippen LogP) is 0.976. The van der Waals surface area contributed by atoms with Crippen LogP contribution in [0.2, 0.25) is 0 Å². The van der Waals surface area contributed by atoms with Gasteiger partial charge < -0.3 is 25.7 Å². The molecule has 35 heavy (non-hydrogen) atoms. The zero-order valence-electron chi connectivity index (χ0n) is 18.8. The van der Waals surface area contributed by atoms with Gasteiger partial charge in [-0.05, 0) is 29.9 Å². The molecule has 3 aliphatic rings. The number of fused-ring (bicyclic) bond motifs is 1. The van der Waals surface area contributed by atoms with E-state index in [1.165, 1.54) is 35.9 Å². The van der Waals surface area contributed by atoms with E-state index in [9.17, 15) is 24.4 Å². The summed E-state index contributed by atoms with van der Waals surface area (Å²) >= 11 is 2.42. The molecule has 4 N–H and O–H groups in total. The van der Waals surface area contributed by atoms with Crippen molar-refractivity contribution in [1.82, 2.24) is 15.2 Å². The Morgan fingerprint density at radius 1 is 1.37 bits per heavy atom. The lowest BCUT2D eigenvalue weighted by molar-refractivity contribution is -0.182. The average Bonchev–Trinajstić information content (AvgIpc) is 3.57. The van der Waals surface area contributed by atoms with Crippen molar-refractivity contribution in [3.63, 3.8) is 0 Å². The topological polar surface area (TPSA) is 174 Å². The number of thiazole rings is 1. The number of β-lactam (4-membered cyclic amide) rings is 1. The van der Waals surface area contributed by atoms with Crippen LogP contribution in [0.25, 0.3) is 0 Å². The van der Waals surface area contributed by atoms with E-state index in [0.717, 1.165) is 29.8 Å². The fraction of sp³-hybridized carbons (Fsp3) is 0.429. The summed E-state index contributed by atoms with van der Waals surface area (Å²) in [5, 5.41) is 15.9. The number of carbonyl (C=O) groups excluding carboxylic acids is 4. The Hall–Kier alpha value is -3.39. The normalized spacial score (nSPS) is 22.6. The lowest BCUT2D eigenvalue weighted by atomic mass is 9.97. The Bertz CT molecular complexity index is 1170. The highest BCUT2D eigenvalue weighted by Gasteiger charge is 2.55. The van der Waals surface area contributed by atoms with Crippen LogP contribution in [-0.2, 0) is 28.7 Å². The van der Waals surface area contributed by atoms with E-state index in [1.54, 1.807) is 0 Å². The van der Waals surface area contributed by atoms with E-state index < -0.39 is 47.2 Å². The number of nitrogens with two attached hydrogens (primary N) is 1. The Kier molecular flexibility index (Phi) is 6.85. The molecule has 1 saturated carbocycles. The minimum Gasteiger partial charge on any atom is -0.426 e. The first-order valence-corrected chi connectivity index (χ1v) is 12.5. The fourth-order valence-electron chi connectivity index (χ4n) is 3.82. The number of amides is 2. The number of nitrogens with one attached hydrogen (secondary N) is 1. The highest BCUT2D eigenvalue weighted by molar-refractivity contribution is 8.00. The third-order valence-corrected chi connectivity index (χ3v) is 7.54. The predicted molar refractivity (Wildman–Crippen MR) is 126 cm³/mol. The maximum Gasteiger partial charge on any atom is 0.358 e. The molecule has 0 radical (unpaired) electrons. The van der Waals surface area contributed by atoms with E-state index in [-0.39, 0.29) is 22.4 Å². The molecule has 3 heterocycles. The number of nitrogen functional groups attached to an aromatic ring is 1. The van der Waals surface area contributed by atoms with E-state index >= 15 is 0 Å². The van der Waals surface area contributed by atoms with Crippen LogP contribution in [0.5, 0.6) is 0 Å². The summed E-state index contributed by atoms with van der Waals surface area (Å²) in [6.07, 6.45) is 0.732. The molecule has 1 saturated heterocycles. The van der Waals surface area contributed by atoms with Crippen LogP contribution in [0.15, 0.2) is 34.0 Å². The van der Waals surface area contributed by atoms with Crippen molar-refractivity contribution in [3.8, 4) is 0 Å². The lowest BCUT2D eigenvalue weighted by Gasteiger charge is -2.50. The summed E-state index contributed by atoms with van der Waals surface area (Å²) < 4.78 is 10.2. The molecule has 3 atom stereocenters. The monoisotopic (exact) mass is 521 g/mol. The quantitative estimate of drug-likeness (QED) is 0.112. The number of esters is 2. The number of oxime groups is 1. The summed E-state index contributed by atoms with van der Waals surface area (Å²) in [6, 6.07) is -0.982. The van der Waals surface area contributed by atoms with Crippen molar-refractivity contribution in [2.75, 3.05) is 11.5 Å². The molecular weight excluding hydrogens is 498 g/mol. The third-order valence-electron chi connectivity index (χ3n) is 5.59. The van der Waals surface area contributed by atoms with Crippen molar-refractivity contribution >= 4 is 57.7 Å². The summed E-state index contributed by atoms with van der Waals surface area (Å²) in [7, 11) is 0. The zero-order valence-corrected chi connectivity index (χ0v) is 20.5. The molecule has 2 aliphatic heterocycles. The van der Waals surface area contributed by atoms with Crippen molar-refractivity contribution in [3.05, 3.63) is 34.5 Å². The SMILES string of the molecule is C=C(C1=C(C(=O)OC(C)OC(C)=O)N2C(=O)[C@@H](NC(=O)/C(=N\O)c3csc(N)n3)[C@H]2SC1)C1CC1. The maximum absolute atomic E-state index is 13.1. The molecule has 4 rings (SSSR count). The largest absolute Gasteiger partial charge is 0.426 e. The molecule has 2 fully saturated rings. The van der Waals surface area contributed by atoms with Crippen LogP contribution in [0, 0.1) is 5.92 Å². The van der Waals surface area contributed by atoms with Gasteiger partial charge in [-0.15, -0.1) is 23.1 Å². The van der Waals surface area contributed by atoms with Gasteiger partial charge in [0.1, 0.15) is 22.8 Å². The minimum atomic E-state index is -1.16. The maximum atomic E-state index is 13.1. The smallest absolute Gasteiger partial charge is 0.358 e. The summed E-state index contributed by atoms with van der Waals surface area (Å²) in [5.41, 5.74) is 6.65. The molecule has 0 spiro atoms. The molecular formula is C21H23N5O7S2. The number of thioether (sulfide) groups is 1. The first kappa shape index (κ1) is 24.7. The number of allylic oxidation sites excluding steroid dienone is 1. The number of nitrogens with zero attached hydrogens (tertiary/aromatic N) is 3. The number of hydrogen-bond donors (Lipinski definition) is 3. The number of aromatic nitrogens is 1. The molecule has 1 unspecified atom stereocenters. The van der Waals surface area contributed by atoms with E-state index in [4.69, 9.17) is 15.2 Å². The van der Waals surface area contributed by atoms with Crippen molar-refractivity contribution < 1.29 is 33.9 Å². The van der Waals surface area contributed by atoms with E-state index in [0.29, 0.717) is 11.3 Å². The number of carbonyl (C=O) groups is 4. The number of rotatable bonds is 8. The van der Waals surface area contributed by atoms with Gasteiger partial charge >= 0.3 is 11.9 Å². The lowest BCUT2D eigenvalue weighted by Crippen LogP contribution is -2.71.